The molecule has 0 atom stereocenters. The smallest absolute Gasteiger partial charge is 0.167 e. The van der Waals surface area contributed by atoms with E-state index in [0.717, 1.165) is 25.2 Å². The van der Waals surface area contributed by atoms with Crippen molar-refractivity contribution in [1.29, 1.82) is 0 Å². The summed E-state index contributed by atoms with van der Waals surface area (Å²) in [5, 5.41) is 3.10. The maximum absolute atomic E-state index is 13.1. The predicted octanol–water partition coefficient (Wildman–Crippen LogP) is 1.97. The SMILES string of the molecule is CCNCCOCCOc1ccc(F)cc1F. The molecule has 1 aromatic rings. The molecule has 96 valence electrons. The van der Waals surface area contributed by atoms with Gasteiger partial charge in [-0.2, -0.15) is 0 Å². The van der Waals surface area contributed by atoms with Crippen LogP contribution in [-0.2, 0) is 4.74 Å². The Bertz CT molecular complexity index is 334. The van der Waals surface area contributed by atoms with Crippen molar-refractivity contribution in [3.8, 4) is 5.75 Å². The molecule has 0 heterocycles. The number of rotatable bonds is 8. The van der Waals surface area contributed by atoms with Gasteiger partial charge in [0.05, 0.1) is 13.2 Å². The van der Waals surface area contributed by atoms with E-state index in [0.29, 0.717) is 13.2 Å². The molecule has 0 bridgehead atoms. The number of hydrogen-bond donors (Lipinski definition) is 1. The van der Waals surface area contributed by atoms with Crippen LogP contribution in [0, 0.1) is 11.6 Å². The third-order valence-corrected chi connectivity index (χ3v) is 2.05. The lowest BCUT2D eigenvalue weighted by Crippen LogP contribution is -2.20. The summed E-state index contributed by atoms with van der Waals surface area (Å²) in [4.78, 5) is 0. The Kier molecular flexibility index (Phi) is 6.50. The molecule has 0 saturated heterocycles. The second-order valence-electron chi connectivity index (χ2n) is 3.39. The van der Waals surface area contributed by atoms with Crippen molar-refractivity contribution >= 4 is 0 Å². The van der Waals surface area contributed by atoms with Gasteiger partial charge in [0, 0.05) is 12.6 Å². The van der Waals surface area contributed by atoms with Crippen molar-refractivity contribution in [1.82, 2.24) is 5.32 Å². The summed E-state index contributed by atoms with van der Waals surface area (Å²) < 4.78 is 36.0. The molecule has 0 aromatic heterocycles. The van der Waals surface area contributed by atoms with Crippen LogP contribution in [0.3, 0.4) is 0 Å². The second kappa shape index (κ2) is 7.97. The number of hydrogen-bond acceptors (Lipinski definition) is 3. The topological polar surface area (TPSA) is 30.5 Å². The van der Waals surface area contributed by atoms with Crippen LogP contribution in [0.1, 0.15) is 6.92 Å². The fraction of sp³-hybridized carbons (Fsp3) is 0.500. The molecule has 0 aliphatic rings. The summed E-state index contributed by atoms with van der Waals surface area (Å²) >= 11 is 0. The third kappa shape index (κ3) is 5.60. The number of halogens is 2. The van der Waals surface area contributed by atoms with E-state index in [1.54, 1.807) is 0 Å². The van der Waals surface area contributed by atoms with E-state index in [1.165, 1.54) is 6.07 Å². The lowest BCUT2D eigenvalue weighted by Gasteiger charge is -2.08. The molecule has 0 unspecified atom stereocenters. The van der Waals surface area contributed by atoms with Crippen molar-refractivity contribution in [2.75, 3.05) is 32.9 Å². The molecule has 0 aliphatic carbocycles. The van der Waals surface area contributed by atoms with Gasteiger partial charge in [-0.3, -0.25) is 0 Å². The van der Waals surface area contributed by atoms with Gasteiger partial charge in [-0.1, -0.05) is 6.92 Å². The highest BCUT2D eigenvalue weighted by atomic mass is 19.1. The van der Waals surface area contributed by atoms with Crippen LogP contribution in [0.4, 0.5) is 8.78 Å². The fourth-order valence-electron chi connectivity index (χ4n) is 1.23. The predicted molar refractivity (Wildman–Crippen MR) is 61.2 cm³/mol. The van der Waals surface area contributed by atoms with Crippen LogP contribution in [0.5, 0.6) is 5.75 Å². The zero-order chi connectivity index (χ0) is 12.5. The van der Waals surface area contributed by atoms with E-state index in [4.69, 9.17) is 9.47 Å². The zero-order valence-corrected chi connectivity index (χ0v) is 9.84. The van der Waals surface area contributed by atoms with Crippen LogP contribution >= 0.6 is 0 Å². The molecule has 0 radical (unpaired) electrons. The van der Waals surface area contributed by atoms with Crippen molar-refractivity contribution in [3.05, 3.63) is 29.8 Å². The van der Waals surface area contributed by atoms with Crippen molar-refractivity contribution in [3.63, 3.8) is 0 Å². The first-order valence-electron chi connectivity index (χ1n) is 5.60. The van der Waals surface area contributed by atoms with E-state index in [2.05, 4.69) is 5.32 Å². The Morgan fingerprint density at radius 1 is 1.18 bits per heavy atom. The molecule has 0 saturated carbocycles. The molecule has 1 N–H and O–H groups in total. The quantitative estimate of drug-likeness (QED) is 0.710. The van der Waals surface area contributed by atoms with E-state index in [1.807, 2.05) is 6.92 Å². The molecule has 0 aliphatic heterocycles. The number of nitrogens with one attached hydrogen (secondary N) is 1. The first kappa shape index (κ1) is 13.9. The van der Waals surface area contributed by atoms with Crippen LogP contribution in [0.2, 0.25) is 0 Å². The zero-order valence-electron chi connectivity index (χ0n) is 9.84. The number of benzene rings is 1. The van der Waals surface area contributed by atoms with Gasteiger partial charge in [-0.25, -0.2) is 8.78 Å². The minimum absolute atomic E-state index is 0.0432. The molecule has 0 spiro atoms. The van der Waals surface area contributed by atoms with Gasteiger partial charge in [0.2, 0.25) is 0 Å². The lowest BCUT2D eigenvalue weighted by atomic mass is 10.3. The lowest BCUT2D eigenvalue weighted by molar-refractivity contribution is 0.100. The highest BCUT2D eigenvalue weighted by Gasteiger charge is 2.04. The summed E-state index contributed by atoms with van der Waals surface area (Å²) in [5.41, 5.74) is 0. The van der Waals surface area contributed by atoms with E-state index < -0.39 is 11.6 Å². The van der Waals surface area contributed by atoms with Gasteiger partial charge in [-0.05, 0) is 18.7 Å². The molecular weight excluding hydrogens is 228 g/mol. The molecule has 5 heteroatoms. The fourth-order valence-corrected chi connectivity index (χ4v) is 1.23. The molecule has 1 rings (SSSR count). The Labute approximate surface area is 99.7 Å². The molecule has 0 fully saturated rings. The normalized spacial score (nSPS) is 10.5. The number of ether oxygens (including phenoxy) is 2. The Hall–Kier alpha value is -1.20. The summed E-state index contributed by atoms with van der Waals surface area (Å²) in [6.45, 7) is 4.91. The van der Waals surface area contributed by atoms with Crippen LogP contribution in [-0.4, -0.2) is 32.9 Å². The standard InChI is InChI=1S/C12H17F2NO2/c1-2-15-5-6-16-7-8-17-12-4-3-10(13)9-11(12)14/h3-4,9,15H,2,5-8H2,1H3. The summed E-state index contributed by atoms with van der Waals surface area (Å²) in [5.74, 6) is -1.27. The maximum atomic E-state index is 13.1. The summed E-state index contributed by atoms with van der Waals surface area (Å²) in [7, 11) is 0. The molecule has 17 heavy (non-hydrogen) atoms. The first-order chi connectivity index (χ1) is 8.24. The second-order valence-corrected chi connectivity index (χ2v) is 3.39. The van der Waals surface area contributed by atoms with Crippen LogP contribution in [0.15, 0.2) is 18.2 Å². The Morgan fingerprint density at radius 3 is 2.71 bits per heavy atom. The largest absolute Gasteiger partial charge is 0.488 e. The Morgan fingerprint density at radius 2 is 2.00 bits per heavy atom. The summed E-state index contributed by atoms with van der Waals surface area (Å²) in [6.07, 6.45) is 0. The van der Waals surface area contributed by atoms with Crippen LogP contribution < -0.4 is 10.1 Å². The van der Waals surface area contributed by atoms with Crippen LogP contribution in [0.25, 0.3) is 0 Å². The van der Waals surface area contributed by atoms with E-state index in [-0.39, 0.29) is 12.4 Å². The first-order valence-corrected chi connectivity index (χ1v) is 5.60. The van der Waals surface area contributed by atoms with E-state index in [9.17, 15) is 8.78 Å². The highest BCUT2D eigenvalue weighted by molar-refractivity contribution is 5.24. The van der Waals surface area contributed by atoms with Gasteiger partial charge in [0.15, 0.2) is 11.6 Å². The molecule has 1 aromatic carbocycles. The van der Waals surface area contributed by atoms with Gasteiger partial charge in [-0.15, -0.1) is 0 Å². The average Bonchev–Trinajstić information content (AvgIpc) is 2.30. The summed E-state index contributed by atoms with van der Waals surface area (Å²) in [6, 6.07) is 3.22. The minimum Gasteiger partial charge on any atom is -0.488 e. The molecule has 3 nitrogen and oxygen atoms in total. The molecule has 0 amide bonds. The van der Waals surface area contributed by atoms with Gasteiger partial charge in [0.25, 0.3) is 0 Å². The highest BCUT2D eigenvalue weighted by Crippen LogP contribution is 2.17. The number of likely N-dealkylation sites (N-methyl/N-ethyl adjacent to an activating group) is 1. The monoisotopic (exact) mass is 245 g/mol. The van der Waals surface area contributed by atoms with Crippen molar-refractivity contribution in [2.45, 2.75) is 6.92 Å². The van der Waals surface area contributed by atoms with Gasteiger partial charge in [0.1, 0.15) is 12.4 Å². The average molecular weight is 245 g/mol. The third-order valence-electron chi connectivity index (χ3n) is 2.05. The maximum Gasteiger partial charge on any atom is 0.167 e. The molecular formula is C12H17F2NO2. The van der Waals surface area contributed by atoms with Crippen molar-refractivity contribution < 1.29 is 18.3 Å². The van der Waals surface area contributed by atoms with Gasteiger partial charge < -0.3 is 14.8 Å². The Balaban J connectivity index is 2.14. The van der Waals surface area contributed by atoms with E-state index >= 15 is 0 Å². The minimum atomic E-state index is -0.697. The van der Waals surface area contributed by atoms with Gasteiger partial charge >= 0.3 is 0 Å². The van der Waals surface area contributed by atoms with Crippen molar-refractivity contribution in [2.24, 2.45) is 0 Å².